The molecule has 0 saturated carbocycles. The third-order valence-electron chi connectivity index (χ3n) is 5.70. The van der Waals surface area contributed by atoms with Gasteiger partial charge in [-0.1, -0.05) is 29.8 Å². The van der Waals surface area contributed by atoms with Crippen LogP contribution in [-0.4, -0.2) is 59.8 Å². The number of carbonyl (C=O) groups is 2. The molecule has 2 aromatic carbocycles. The third kappa shape index (κ3) is 5.31. The molecule has 0 bridgehead atoms. The van der Waals surface area contributed by atoms with Crippen LogP contribution in [0.25, 0.3) is 0 Å². The van der Waals surface area contributed by atoms with Gasteiger partial charge < -0.3 is 10.0 Å². The summed E-state index contributed by atoms with van der Waals surface area (Å²) >= 11 is 5.90. The van der Waals surface area contributed by atoms with E-state index < -0.39 is 28.1 Å². The topological polar surface area (TPSA) is 95.0 Å². The highest BCUT2D eigenvalue weighted by atomic mass is 35.5. The van der Waals surface area contributed by atoms with Crippen LogP contribution in [0.5, 0.6) is 0 Å². The van der Waals surface area contributed by atoms with Crippen LogP contribution in [0.2, 0.25) is 5.02 Å². The fraction of sp³-hybridized carbons (Fsp3) is 0.391. The first-order valence-electron chi connectivity index (χ1n) is 10.4. The molecule has 1 saturated heterocycles. The summed E-state index contributed by atoms with van der Waals surface area (Å²) in [6.07, 6.45) is -0.0207. The standard InChI is InChI=1S/C23H27ClN2O5S/c1-15-4-9-21(11-19(15)12-23(28)29)32(30,31)26-16(2)13-25(14-17(26)3)22(27)10-18-5-7-20(24)8-6-18/h4-9,11,16-17H,10,12-14H2,1-3H3,(H,28,29)/t16-,17?/m0/s1. The van der Waals surface area contributed by atoms with Crippen molar-refractivity contribution in [2.75, 3.05) is 13.1 Å². The van der Waals surface area contributed by atoms with Crippen molar-refractivity contribution in [1.82, 2.24) is 9.21 Å². The van der Waals surface area contributed by atoms with E-state index in [-0.39, 0.29) is 36.7 Å². The molecule has 2 atom stereocenters. The lowest BCUT2D eigenvalue weighted by atomic mass is 10.1. The van der Waals surface area contributed by atoms with Gasteiger partial charge in [-0.05, 0) is 61.7 Å². The highest BCUT2D eigenvalue weighted by Gasteiger charge is 2.39. The van der Waals surface area contributed by atoms with Gasteiger partial charge >= 0.3 is 5.97 Å². The largest absolute Gasteiger partial charge is 0.481 e. The van der Waals surface area contributed by atoms with Crippen LogP contribution in [0.1, 0.15) is 30.5 Å². The van der Waals surface area contributed by atoms with E-state index in [0.29, 0.717) is 10.6 Å². The molecule has 0 aromatic heterocycles. The predicted octanol–water partition coefficient (Wildman–Crippen LogP) is 3.13. The monoisotopic (exact) mass is 478 g/mol. The maximum Gasteiger partial charge on any atom is 0.307 e. The molecule has 0 radical (unpaired) electrons. The second kappa shape index (κ2) is 9.60. The molecule has 172 valence electrons. The van der Waals surface area contributed by atoms with Crippen LogP contribution in [0.15, 0.2) is 47.4 Å². The lowest BCUT2D eigenvalue weighted by molar-refractivity contribution is -0.136. The van der Waals surface area contributed by atoms with Crippen molar-refractivity contribution in [3.8, 4) is 0 Å². The summed E-state index contributed by atoms with van der Waals surface area (Å²) in [4.78, 5) is 25.7. The Morgan fingerprint density at radius 2 is 1.62 bits per heavy atom. The van der Waals surface area contributed by atoms with Crippen molar-refractivity contribution in [2.24, 2.45) is 0 Å². The fourth-order valence-corrected chi connectivity index (χ4v) is 6.14. The number of aryl methyl sites for hydroxylation is 1. The molecule has 1 aliphatic heterocycles. The molecule has 1 N–H and O–H groups in total. The number of nitrogens with zero attached hydrogens (tertiary/aromatic N) is 2. The molecule has 1 heterocycles. The van der Waals surface area contributed by atoms with Gasteiger partial charge in [0.25, 0.3) is 0 Å². The van der Waals surface area contributed by atoms with Gasteiger partial charge in [0, 0.05) is 30.2 Å². The van der Waals surface area contributed by atoms with E-state index in [4.69, 9.17) is 16.7 Å². The number of hydrogen-bond donors (Lipinski definition) is 1. The Labute approximate surface area is 193 Å². The number of carbonyl (C=O) groups excluding carboxylic acids is 1. The smallest absolute Gasteiger partial charge is 0.307 e. The van der Waals surface area contributed by atoms with Gasteiger partial charge in [0.05, 0.1) is 17.7 Å². The highest BCUT2D eigenvalue weighted by Crippen LogP contribution is 2.27. The van der Waals surface area contributed by atoms with Crippen LogP contribution in [0.3, 0.4) is 0 Å². The maximum atomic E-state index is 13.4. The Bertz CT molecular complexity index is 1110. The zero-order valence-electron chi connectivity index (χ0n) is 18.3. The van der Waals surface area contributed by atoms with E-state index in [1.54, 1.807) is 56.0 Å². The molecule has 32 heavy (non-hydrogen) atoms. The van der Waals surface area contributed by atoms with E-state index in [9.17, 15) is 18.0 Å². The lowest BCUT2D eigenvalue weighted by Gasteiger charge is -2.43. The van der Waals surface area contributed by atoms with Gasteiger partial charge in [-0.25, -0.2) is 8.42 Å². The summed E-state index contributed by atoms with van der Waals surface area (Å²) in [5.74, 6) is -1.08. The van der Waals surface area contributed by atoms with Crippen LogP contribution in [0, 0.1) is 6.92 Å². The number of hydrogen-bond acceptors (Lipinski definition) is 4. The van der Waals surface area contributed by atoms with Crippen molar-refractivity contribution < 1.29 is 23.1 Å². The molecule has 0 aliphatic carbocycles. The molecule has 9 heteroatoms. The van der Waals surface area contributed by atoms with Crippen LogP contribution < -0.4 is 0 Å². The van der Waals surface area contributed by atoms with Crippen molar-refractivity contribution in [1.29, 1.82) is 0 Å². The Morgan fingerprint density at radius 3 is 2.19 bits per heavy atom. The summed E-state index contributed by atoms with van der Waals surface area (Å²) < 4.78 is 28.3. The second-order valence-corrected chi connectivity index (χ2v) is 10.6. The quantitative estimate of drug-likeness (QED) is 0.688. The number of amides is 1. The zero-order valence-corrected chi connectivity index (χ0v) is 19.9. The van der Waals surface area contributed by atoms with Crippen molar-refractivity contribution in [3.05, 3.63) is 64.2 Å². The number of carboxylic acid groups (broad SMARTS) is 1. The second-order valence-electron chi connectivity index (χ2n) is 8.29. The maximum absolute atomic E-state index is 13.4. The molecule has 1 unspecified atom stereocenters. The minimum atomic E-state index is -3.86. The van der Waals surface area contributed by atoms with Gasteiger partial charge in [-0.3, -0.25) is 9.59 Å². The Kier molecular flexibility index (Phi) is 7.27. The van der Waals surface area contributed by atoms with Crippen molar-refractivity contribution in [3.63, 3.8) is 0 Å². The van der Waals surface area contributed by atoms with Gasteiger partial charge in [0.15, 0.2) is 0 Å². The molecule has 0 spiro atoms. The first-order chi connectivity index (χ1) is 15.0. The van der Waals surface area contributed by atoms with E-state index >= 15 is 0 Å². The average Bonchev–Trinajstić information content (AvgIpc) is 2.70. The first kappa shape index (κ1) is 24.2. The average molecular weight is 479 g/mol. The molecular weight excluding hydrogens is 452 g/mol. The summed E-state index contributed by atoms with van der Waals surface area (Å²) in [6, 6.07) is 10.8. The molecule has 2 aromatic rings. The molecule has 3 rings (SSSR count). The van der Waals surface area contributed by atoms with Crippen molar-refractivity contribution >= 4 is 33.5 Å². The lowest BCUT2D eigenvalue weighted by Crippen LogP contribution is -2.59. The summed E-state index contributed by atoms with van der Waals surface area (Å²) in [7, 11) is -3.86. The Balaban J connectivity index is 1.78. The molecular formula is C23H27ClN2O5S. The number of carboxylic acids is 1. The highest BCUT2D eigenvalue weighted by molar-refractivity contribution is 7.89. The minimum Gasteiger partial charge on any atom is -0.481 e. The van der Waals surface area contributed by atoms with Gasteiger partial charge in [-0.2, -0.15) is 4.31 Å². The van der Waals surface area contributed by atoms with Gasteiger partial charge in [-0.15, -0.1) is 0 Å². The number of rotatable bonds is 6. The number of aliphatic carboxylic acids is 1. The Hall–Kier alpha value is -2.42. The van der Waals surface area contributed by atoms with Crippen molar-refractivity contribution in [2.45, 2.75) is 50.6 Å². The van der Waals surface area contributed by atoms with E-state index in [1.165, 1.54) is 16.4 Å². The number of sulfonamides is 1. The number of benzene rings is 2. The van der Waals surface area contributed by atoms with E-state index in [0.717, 1.165) is 11.1 Å². The van der Waals surface area contributed by atoms with E-state index in [2.05, 4.69) is 0 Å². The third-order valence-corrected chi connectivity index (χ3v) is 8.07. The fourth-order valence-electron chi connectivity index (χ4n) is 4.16. The normalized spacial score (nSPS) is 19.7. The molecule has 1 amide bonds. The summed E-state index contributed by atoms with van der Waals surface area (Å²) in [5.41, 5.74) is 2.04. The van der Waals surface area contributed by atoms with Crippen LogP contribution in [0.4, 0.5) is 0 Å². The zero-order chi connectivity index (χ0) is 23.6. The van der Waals surface area contributed by atoms with E-state index in [1.807, 2.05) is 0 Å². The summed E-state index contributed by atoms with van der Waals surface area (Å²) in [5, 5.41) is 9.72. The SMILES string of the molecule is Cc1ccc(S(=O)(=O)N2C(C)CN(C(=O)Cc3ccc(Cl)cc3)C[C@@H]2C)cc1CC(=O)O. The van der Waals surface area contributed by atoms with Gasteiger partial charge in [0.1, 0.15) is 0 Å². The van der Waals surface area contributed by atoms with Gasteiger partial charge in [0.2, 0.25) is 15.9 Å². The van der Waals surface area contributed by atoms with Crippen LogP contribution >= 0.6 is 11.6 Å². The predicted molar refractivity (Wildman–Crippen MR) is 122 cm³/mol. The number of halogens is 1. The number of piperazine rings is 1. The molecule has 1 aliphatic rings. The molecule has 7 nitrogen and oxygen atoms in total. The minimum absolute atomic E-state index is 0.0675. The first-order valence-corrected chi connectivity index (χ1v) is 12.2. The van der Waals surface area contributed by atoms with Crippen LogP contribution in [-0.2, 0) is 32.5 Å². The Morgan fingerprint density at radius 1 is 1.03 bits per heavy atom. The summed E-state index contributed by atoms with van der Waals surface area (Å²) in [6.45, 7) is 5.88. The molecule has 1 fully saturated rings.